The molecule has 0 aliphatic rings. The van der Waals surface area contributed by atoms with Gasteiger partial charge in [-0.2, -0.15) is 5.10 Å². The Bertz CT molecular complexity index is 1570. The van der Waals surface area contributed by atoms with Gasteiger partial charge in [-0.3, -0.25) is 14.2 Å². The van der Waals surface area contributed by atoms with Crippen molar-refractivity contribution in [3.63, 3.8) is 0 Å². The molecule has 0 atom stereocenters. The van der Waals surface area contributed by atoms with E-state index in [0.717, 1.165) is 16.6 Å². The predicted molar refractivity (Wildman–Crippen MR) is 125 cm³/mol. The lowest BCUT2D eigenvalue weighted by Crippen LogP contribution is -2.31. The lowest BCUT2D eigenvalue weighted by molar-refractivity contribution is 0.0943. The summed E-state index contributed by atoms with van der Waals surface area (Å²) in [6.45, 7) is 1.77. The van der Waals surface area contributed by atoms with Crippen molar-refractivity contribution < 1.29 is 9.18 Å². The Kier molecular flexibility index (Phi) is 5.43. The number of halogens is 1. The number of carbonyl (C=O) groups excluding carboxylic acids is 1. The highest BCUT2D eigenvalue weighted by Crippen LogP contribution is 2.17. The van der Waals surface area contributed by atoms with Crippen LogP contribution in [0.2, 0.25) is 0 Å². The molecule has 0 aliphatic heterocycles. The number of para-hydroxylation sites is 3. The molecule has 0 spiro atoms. The number of aryl methyl sites for hydroxylation is 1. The van der Waals surface area contributed by atoms with Gasteiger partial charge in [0.15, 0.2) is 5.69 Å². The highest BCUT2D eigenvalue weighted by Gasteiger charge is 2.16. The summed E-state index contributed by atoms with van der Waals surface area (Å²) in [5.74, 6) is -0.471. The van der Waals surface area contributed by atoms with Crippen LogP contribution in [0.1, 0.15) is 21.7 Å². The fourth-order valence-electron chi connectivity index (χ4n) is 3.64. The second kappa shape index (κ2) is 8.70. The van der Waals surface area contributed by atoms with Crippen molar-refractivity contribution in [1.82, 2.24) is 29.6 Å². The average molecular weight is 454 g/mol. The molecule has 0 saturated carbocycles. The molecular weight excluding hydrogens is 435 g/mol. The van der Waals surface area contributed by atoms with Gasteiger partial charge in [-0.15, -0.1) is 0 Å². The van der Waals surface area contributed by atoms with Gasteiger partial charge < -0.3 is 5.32 Å². The van der Waals surface area contributed by atoms with E-state index in [9.17, 15) is 14.0 Å². The maximum absolute atomic E-state index is 14.2. The van der Waals surface area contributed by atoms with E-state index in [0.29, 0.717) is 11.5 Å². The van der Waals surface area contributed by atoms with E-state index in [-0.39, 0.29) is 17.9 Å². The third kappa shape index (κ3) is 3.95. The molecule has 5 rings (SSSR count). The number of aromatic nitrogens is 5. The Hall–Kier alpha value is -4.66. The SMILES string of the molecule is Cc1cc(=O)c(C(=O)NCc2ccc(-n3cnc4ccccc43)nc2)nn1-c1ccccc1F. The summed E-state index contributed by atoms with van der Waals surface area (Å²) in [5, 5.41) is 6.80. The largest absolute Gasteiger partial charge is 0.346 e. The maximum Gasteiger partial charge on any atom is 0.276 e. The van der Waals surface area contributed by atoms with Crippen LogP contribution in [0.3, 0.4) is 0 Å². The van der Waals surface area contributed by atoms with Crippen molar-refractivity contribution >= 4 is 16.9 Å². The molecule has 0 unspecified atom stereocenters. The normalized spacial score (nSPS) is 11.0. The van der Waals surface area contributed by atoms with Gasteiger partial charge >= 0.3 is 0 Å². The summed E-state index contributed by atoms with van der Waals surface area (Å²) in [7, 11) is 0. The summed E-state index contributed by atoms with van der Waals surface area (Å²) in [5.41, 5.74) is 2.26. The Morgan fingerprint density at radius 1 is 1.03 bits per heavy atom. The van der Waals surface area contributed by atoms with Crippen LogP contribution in [0.25, 0.3) is 22.5 Å². The Labute approximate surface area is 193 Å². The number of imidazole rings is 1. The molecule has 1 amide bonds. The Morgan fingerprint density at radius 2 is 1.82 bits per heavy atom. The molecule has 3 heterocycles. The number of hydrogen-bond acceptors (Lipinski definition) is 5. The molecule has 168 valence electrons. The number of pyridine rings is 1. The van der Waals surface area contributed by atoms with E-state index in [2.05, 4.69) is 20.4 Å². The van der Waals surface area contributed by atoms with Gasteiger partial charge in [0.25, 0.3) is 5.91 Å². The van der Waals surface area contributed by atoms with E-state index >= 15 is 0 Å². The van der Waals surface area contributed by atoms with Crippen LogP contribution in [0.5, 0.6) is 0 Å². The van der Waals surface area contributed by atoms with E-state index in [1.54, 1.807) is 31.6 Å². The zero-order chi connectivity index (χ0) is 23.7. The number of hydrogen-bond donors (Lipinski definition) is 1. The van der Waals surface area contributed by atoms with Gasteiger partial charge in [0, 0.05) is 24.5 Å². The van der Waals surface area contributed by atoms with Crippen molar-refractivity contribution in [1.29, 1.82) is 0 Å². The number of rotatable bonds is 5. The van der Waals surface area contributed by atoms with Gasteiger partial charge in [0.2, 0.25) is 5.43 Å². The van der Waals surface area contributed by atoms with Crippen molar-refractivity contribution in [2.45, 2.75) is 13.5 Å². The zero-order valence-corrected chi connectivity index (χ0v) is 18.1. The first-order valence-corrected chi connectivity index (χ1v) is 10.5. The minimum absolute atomic E-state index is 0.144. The van der Waals surface area contributed by atoms with Gasteiger partial charge in [0.05, 0.1) is 11.0 Å². The predicted octanol–water partition coefficient (Wildman–Crippen LogP) is 3.34. The quantitative estimate of drug-likeness (QED) is 0.440. The van der Waals surface area contributed by atoms with Gasteiger partial charge in [-0.1, -0.05) is 30.3 Å². The molecule has 5 aromatic rings. The lowest BCUT2D eigenvalue weighted by Gasteiger charge is -2.12. The summed E-state index contributed by atoms with van der Waals surface area (Å²) in [6.07, 6.45) is 3.35. The van der Waals surface area contributed by atoms with Crippen LogP contribution in [0, 0.1) is 12.7 Å². The summed E-state index contributed by atoms with van der Waals surface area (Å²) >= 11 is 0. The van der Waals surface area contributed by atoms with Crippen molar-refractivity contribution in [3.8, 4) is 11.5 Å². The van der Waals surface area contributed by atoms with Crippen LogP contribution >= 0.6 is 0 Å². The Balaban J connectivity index is 1.34. The summed E-state index contributed by atoms with van der Waals surface area (Å²) < 4.78 is 17.3. The third-order valence-corrected chi connectivity index (χ3v) is 5.37. The van der Waals surface area contributed by atoms with Crippen molar-refractivity contribution in [2.75, 3.05) is 0 Å². The first-order valence-electron chi connectivity index (χ1n) is 10.5. The van der Waals surface area contributed by atoms with Crippen molar-refractivity contribution in [2.24, 2.45) is 0 Å². The third-order valence-electron chi connectivity index (χ3n) is 5.37. The minimum atomic E-state index is -0.653. The van der Waals surface area contributed by atoms with E-state index in [1.807, 2.05) is 41.0 Å². The number of amides is 1. The molecule has 1 N–H and O–H groups in total. The van der Waals surface area contributed by atoms with Gasteiger partial charge in [-0.05, 0) is 42.8 Å². The summed E-state index contributed by atoms with van der Waals surface area (Å²) in [4.78, 5) is 33.9. The fraction of sp³-hybridized carbons (Fsp3) is 0.0800. The van der Waals surface area contributed by atoms with Crippen LogP contribution in [-0.2, 0) is 6.54 Å². The van der Waals surface area contributed by atoms with Gasteiger partial charge in [-0.25, -0.2) is 19.0 Å². The first-order chi connectivity index (χ1) is 16.5. The molecule has 0 bridgehead atoms. The number of fused-ring (bicyclic) bond motifs is 1. The number of carbonyl (C=O) groups is 1. The number of nitrogens with one attached hydrogen (secondary N) is 1. The highest BCUT2D eigenvalue weighted by atomic mass is 19.1. The standard InChI is InChI=1S/C25H19FN6O2/c1-16-12-22(33)24(30-32(16)20-8-4-2-6-18(20)26)25(34)28-14-17-10-11-23(27-13-17)31-15-29-19-7-3-5-9-21(19)31/h2-13,15H,14H2,1H3,(H,28,34). The number of benzene rings is 2. The maximum atomic E-state index is 14.2. The average Bonchev–Trinajstić information content (AvgIpc) is 3.28. The highest BCUT2D eigenvalue weighted by molar-refractivity contribution is 5.92. The molecule has 2 aromatic carbocycles. The zero-order valence-electron chi connectivity index (χ0n) is 18.1. The molecule has 0 fully saturated rings. The summed E-state index contributed by atoms with van der Waals surface area (Å²) in [6, 6.07) is 18.7. The van der Waals surface area contributed by atoms with Gasteiger partial charge in [0.1, 0.15) is 23.6 Å². The molecule has 0 saturated heterocycles. The van der Waals surface area contributed by atoms with E-state index < -0.39 is 17.2 Å². The van der Waals surface area contributed by atoms with E-state index in [4.69, 9.17) is 0 Å². The van der Waals surface area contributed by atoms with E-state index in [1.165, 1.54) is 22.9 Å². The molecule has 8 nitrogen and oxygen atoms in total. The molecule has 34 heavy (non-hydrogen) atoms. The van der Waals surface area contributed by atoms with Crippen LogP contribution < -0.4 is 10.7 Å². The smallest absolute Gasteiger partial charge is 0.276 e. The first kappa shape index (κ1) is 21.2. The second-order valence-corrected chi connectivity index (χ2v) is 7.67. The van der Waals surface area contributed by atoms with Crippen molar-refractivity contribution in [3.05, 3.63) is 112 Å². The molecule has 0 radical (unpaired) electrons. The molecule has 0 aliphatic carbocycles. The molecule has 3 aromatic heterocycles. The van der Waals surface area contributed by atoms with Crippen LogP contribution in [0.15, 0.2) is 84.0 Å². The fourth-order valence-corrected chi connectivity index (χ4v) is 3.64. The van der Waals surface area contributed by atoms with Crippen LogP contribution in [-0.4, -0.2) is 30.2 Å². The Morgan fingerprint density at radius 3 is 2.62 bits per heavy atom. The topological polar surface area (TPSA) is 94.7 Å². The number of nitrogens with zero attached hydrogens (tertiary/aromatic N) is 5. The monoisotopic (exact) mass is 454 g/mol. The molecule has 9 heteroatoms. The minimum Gasteiger partial charge on any atom is -0.346 e. The van der Waals surface area contributed by atoms with Crippen LogP contribution in [0.4, 0.5) is 4.39 Å². The molecular formula is C25H19FN6O2. The lowest BCUT2D eigenvalue weighted by atomic mass is 10.2. The second-order valence-electron chi connectivity index (χ2n) is 7.67.